The van der Waals surface area contributed by atoms with Gasteiger partial charge in [-0.25, -0.2) is 0 Å². The number of carbonyl (C=O) groups is 2. The van der Waals surface area contributed by atoms with Gasteiger partial charge in [0.05, 0.1) is 25.1 Å². The predicted molar refractivity (Wildman–Crippen MR) is 113 cm³/mol. The van der Waals surface area contributed by atoms with Crippen molar-refractivity contribution in [2.45, 2.75) is 13.3 Å². The Kier molecular flexibility index (Phi) is 7.60. The van der Waals surface area contributed by atoms with Crippen molar-refractivity contribution >= 4 is 22.8 Å². The summed E-state index contributed by atoms with van der Waals surface area (Å²) in [5.41, 5.74) is 1.52. The molecular weight excluding hydrogens is 384 g/mol. The van der Waals surface area contributed by atoms with Crippen LogP contribution in [0.3, 0.4) is 0 Å². The lowest BCUT2D eigenvalue weighted by Gasteiger charge is -2.09. The van der Waals surface area contributed by atoms with Gasteiger partial charge in [0.2, 0.25) is 0 Å². The standard InChI is InChI=1S/C23H24N2O5/c1-2-28-19-8-10-20(11-9-19)29-14-13-24-21(26)16-30-22(27)15-18-6-3-5-17-7-4-12-25-23(17)18/h3-12H,2,13-16H2,1H3,(H,24,26). The molecule has 1 N–H and O–H groups in total. The van der Waals surface area contributed by atoms with E-state index in [4.69, 9.17) is 14.2 Å². The minimum Gasteiger partial charge on any atom is -0.494 e. The molecule has 0 unspecified atom stereocenters. The number of rotatable bonds is 10. The van der Waals surface area contributed by atoms with Gasteiger partial charge in [0.1, 0.15) is 18.1 Å². The van der Waals surface area contributed by atoms with Gasteiger partial charge in [0.15, 0.2) is 6.61 Å². The first-order chi connectivity index (χ1) is 14.7. The molecule has 0 saturated carbocycles. The highest BCUT2D eigenvalue weighted by atomic mass is 16.5. The number of amides is 1. The first kappa shape index (κ1) is 21.1. The molecule has 3 aromatic rings. The number of esters is 1. The Morgan fingerprint density at radius 1 is 0.967 bits per heavy atom. The molecule has 7 nitrogen and oxygen atoms in total. The van der Waals surface area contributed by atoms with Crippen LogP contribution in [-0.4, -0.2) is 43.2 Å². The number of nitrogens with one attached hydrogen (secondary N) is 1. The van der Waals surface area contributed by atoms with Crippen molar-refractivity contribution in [2.24, 2.45) is 0 Å². The molecule has 0 atom stereocenters. The Balaban J connectivity index is 1.35. The molecule has 1 aromatic heterocycles. The summed E-state index contributed by atoms with van der Waals surface area (Å²) in [6, 6.07) is 16.6. The van der Waals surface area contributed by atoms with Crippen molar-refractivity contribution in [1.82, 2.24) is 10.3 Å². The third-order valence-corrected chi connectivity index (χ3v) is 4.24. The summed E-state index contributed by atoms with van der Waals surface area (Å²) in [7, 11) is 0. The van der Waals surface area contributed by atoms with Gasteiger partial charge < -0.3 is 19.5 Å². The Bertz CT molecular complexity index is 983. The topological polar surface area (TPSA) is 86.8 Å². The van der Waals surface area contributed by atoms with Gasteiger partial charge in [-0.1, -0.05) is 24.3 Å². The lowest BCUT2D eigenvalue weighted by molar-refractivity contribution is -0.147. The van der Waals surface area contributed by atoms with Gasteiger partial charge >= 0.3 is 5.97 Å². The van der Waals surface area contributed by atoms with Crippen molar-refractivity contribution in [3.05, 3.63) is 66.4 Å². The summed E-state index contributed by atoms with van der Waals surface area (Å²) in [5.74, 6) is 0.603. The Morgan fingerprint density at radius 3 is 2.47 bits per heavy atom. The molecule has 0 aliphatic heterocycles. The van der Waals surface area contributed by atoms with Crippen LogP contribution in [0.5, 0.6) is 11.5 Å². The van der Waals surface area contributed by atoms with Gasteiger partial charge in [-0.05, 0) is 42.8 Å². The average molecular weight is 408 g/mol. The molecule has 30 heavy (non-hydrogen) atoms. The molecule has 0 fully saturated rings. The van der Waals surface area contributed by atoms with E-state index in [1.54, 1.807) is 18.3 Å². The van der Waals surface area contributed by atoms with E-state index < -0.39 is 5.97 Å². The number of fused-ring (bicyclic) bond motifs is 1. The van der Waals surface area contributed by atoms with Crippen LogP contribution in [0.15, 0.2) is 60.8 Å². The number of carbonyl (C=O) groups excluding carboxylic acids is 2. The van der Waals surface area contributed by atoms with Crippen LogP contribution in [-0.2, 0) is 20.7 Å². The molecule has 3 rings (SSSR count). The number of hydrogen-bond donors (Lipinski definition) is 1. The van der Waals surface area contributed by atoms with Gasteiger partial charge in [0.25, 0.3) is 5.91 Å². The third-order valence-electron chi connectivity index (χ3n) is 4.24. The molecule has 2 aromatic carbocycles. The molecule has 156 valence electrons. The van der Waals surface area contributed by atoms with Crippen molar-refractivity contribution in [3.8, 4) is 11.5 Å². The quantitative estimate of drug-likeness (QED) is 0.410. The number of pyridine rings is 1. The van der Waals surface area contributed by atoms with E-state index in [1.807, 2.05) is 49.4 Å². The van der Waals surface area contributed by atoms with Crippen molar-refractivity contribution < 1.29 is 23.8 Å². The van der Waals surface area contributed by atoms with E-state index in [0.29, 0.717) is 25.5 Å². The summed E-state index contributed by atoms with van der Waals surface area (Å²) in [6.45, 7) is 2.80. The minimum absolute atomic E-state index is 0.0580. The third kappa shape index (κ3) is 6.20. The van der Waals surface area contributed by atoms with E-state index >= 15 is 0 Å². The highest BCUT2D eigenvalue weighted by Crippen LogP contribution is 2.18. The lowest BCUT2D eigenvalue weighted by Crippen LogP contribution is -2.32. The summed E-state index contributed by atoms with van der Waals surface area (Å²) in [6.07, 6.45) is 1.74. The molecule has 1 heterocycles. The second-order valence-corrected chi connectivity index (χ2v) is 6.43. The normalized spacial score (nSPS) is 10.4. The van der Waals surface area contributed by atoms with E-state index in [9.17, 15) is 9.59 Å². The van der Waals surface area contributed by atoms with Gasteiger partial charge in [0, 0.05) is 11.6 Å². The summed E-state index contributed by atoms with van der Waals surface area (Å²) >= 11 is 0. The Labute approximate surface area is 175 Å². The largest absolute Gasteiger partial charge is 0.494 e. The highest BCUT2D eigenvalue weighted by molar-refractivity contribution is 5.86. The molecule has 0 aliphatic rings. The first-order valence-corrected chi connectivity index (χ1v) is 9.76. The van der Waals surface area contributed by atoms with E-state index in [1.165, 1.54) is 0 Å². The summed E-state index contributed by atoms with van der Waals surface area (Å²) in [4.78, 5) is 28.3. The monoisotopic (exact) mass is 408 g/mol. The SMILES string of the molecule is CCOc1ccc(OCCNC(=O)COC(=O)Cc2cccc3cccnc23)cc1. The van der Waals surface area contributed by atoms with Gasteiger partial charge in [-0.2, -0.15) is 0 Å². The molecule has 0 radical (unpaired) electrons. The summed E-state index contributed by atoms with van der Waals surface area (Å²) < 4.78 is 16.0. The fourth-order valence-corrected chi connectivity index (χ4v) is 2.87. The Hall–Kier alpha value is -3.61. The Morgan fingerprint density at radius 2 is 1.70 bits per heavy atom. The lowest BCUT2D eigenvalue weighted by atomic mass is 10.1. The molecule has 0 bridgehead atoms. The van der Waals surface area contributed by atoms with Gasteiger partial charge in [-0.15, -0.1) is 0 Å². The molecule has 0 saturated heterocycles. The fourth-order valence-electron chi connectivity index (χ4n) is 2.87. The fraction of sp³-hybridized carbons (Fsp3) is 0.261. The average Bonchev–Trinajstić information content (AvgIpc) is 2.77. The van der Waals surface area contributed by atoms with Crippen molar-refractivity contribution in [3.63, 3.8) is 0 Å². The number of aromatic nitrogens is 1. The second-order valence-electron chi connectivity index (χ2n) is 6.43. The number of ether oxygens (including phenoxy) is 3. The van der Waals surface area contributed by atoms with Crippen LogP contribution in [0.4, 0.5) is 0 Å². The molecular formula is C23H24N2O5. The number of nitrogens with zero attached hydrogens (tertiary/aromatic N) is 1. The zero-order valence-electron chi connectivity index (χ0n) is 16.8. The van der Waals surface area contributed by atoms with Crippen LogP contribution in [0.25, 0.3) is 10.9 Å². The molecule has 1 amide bonds. The van der Waals surface area contributed by atoms with E-state index in [0.717, 1.165) is 22.2 Å². The smallest absolute Gasteiger partial charge is 0.310 e. The van der Waals surface area contributed by atoms with Crippen LogP contribution in [0, 0.1) is 0 Å². The molecule has 7 heteroatoms. The summed E-state index contributed by atoms with van der Waals surface area (Å²) in [5, 5.41) is 3.61. The zero-order chi connectivity index (χ0) is 21.2. The van der Waals surface area contributed by atoms with E-state index in [-0.39, 0.29) is 18.9 Å². The highest BCUT2D eigenvalue weighted by Gasteiger charge is 2.11. The zero-order valence-corrected chi connectivity index (χ0v) is 16.8. The predicted octanol–water partition coefficient (Wildman–Crippen LogP) is 2.91. The second kappa shape index (κ2) is 10.8. The van der Waals surface area contributed by atoms with Crippen molar-refractivity contribution in [1.29, 1.82) is 0 Å². The van der Waals surface area contributed by atoms with Crippen LogP contribution < -0.4 is 14.8 Å². The van der Waals surface area contributed by atoms with E-state index in [2.05, 4.69) is 10.3 Å². The maximum atomic E-state index is 12.1. The maximum absolute atomic E-state index is 12.1. The van der Waals surface area contributed by atoms with Gasteiger partial charge in [-0.3, -0.25) is 14.6 Å². The number of hydrogen-bond acceptors (Lipinski definition) is 6. The van der Waals surface area contributed by atoms with Crippen molar-refractivity contribution in [2.75, 3.05) is 26.4 Å². The molecule has 0 aliphatic carbocycles. The number of benzene rings is 2. The van der Waals surface area contributed by atoms with Crippen LogP contribution in [0.2, 0.25) is 0 Å². The molecule has 0 spiro atoms. The van der Waals surface area contributed by atoms with Crippen LogP contribution in [0.1, 0.15) is 12.5 Å². The van der Waals surface area contributed by atoms with Crippen LogP contribution >= 0.6 is 0 Å². The maximum Gasteiger partial charge on any atom is 0.310 e. The minimum atomic E-state index is -0.478. The first-order valence-electron chi connectivity index (χ1n) is 9.76. The number of para-hydroxylation sites is 1.